The normalized spacial score (nSPS) is 20.5. The molecule has 1 radical (unpaired) electrons. The van der Waals surface area contributed by atoms with E-state index in [1.165, 1.54) is 11.8 Å². The highest BCUT2D eigenvalue weighted by molar-refractivity contribution is 8.00. The Morgan fingerprint density at radius 2 is 1.75 bits per heavy atom. The molecule has 43 valence electrons. The third kappa shape index (κ3) is 1.23. The zero-order valence-corrected chi connectivity index (χ0v) is 4.90. The molecule has 8 heavy (non-hydrogen) atoms. The summed E-state index contributed by atoms with van der Waals surface area (Å²) in [7, 11) is 0. The van der Waals surface area contributed by atoms with Crippen LogP contribution in [0.5, 0.6) is 0 Å². The van der Waals surface area contributed by atoms with Crippen molar-refractivity contribution in [3.63, 3.8) is 0 Å². The number of carbonyl (C=O) groups excluding carboxylic acids is 2. The summed E-state index contributed by atoms with van der Waals surface area (Å²) in [5, 5.41) is 3.18. The molecule has 1 rings (SSSR count). The van der Waals surface area contributed by atoms with Gasteiger partial charge < -0.3 is 0 Å². The van der Waals surface area contributed by atoms with Crippen molar-refractivity contribution in [3.05, 3.63) is 0 Å². The molecule has 0 atom stereocenters. The highest BCUT2D eigenvalue weighted by Gasteiger charge is 2.16. The molecule has 1 aliphatic heterocycles. The molecule has 0 aromatic heterocycles. The van der Waals surface area contributed by atoms with Gasteiger partial charge in [0.1, 0.15) is 0 Å². The van der Waals surface area contributed by atoms with E-state index in [2.05, 4.69) is 5.32 Å². The van der Waals surface area contributed by atoms with E-state index in [1.54, 1.807) is 0 Å². The summed E-state index contributed by atoms with van der Waals surface area (Å²) < 4.78 is 0. The van der Waals surface area contributed by atoms with Crippen LogP contribution in [0.2, 0.25) is 0 Å². The molecular weight excluding hydrogens is 126 g/mol. The van der Waals surface area contributed by atoms with E-state index in [4.69, 9.17) is 0 Å². The second-order valence-corrected chi connectivity index (χ2v) is 2.38. The second-order valence-electron chi connectivity index (χ2n) is 1.39. The Morgan fingerprint density at radius 3 is 2.00 bits per heavy atom. The molecule has 0 N–H and O–H groups in total. The Hall–Kier alpha value is -0.510. The van der Waals surface area contributed by atoms with Gasteiger partial charge in [-0.15, -0.1) is 11.8 Å². The largest absolute Gasteiger partial charge is 0.272 e. The van der Waals surface area contributed by atoms with Crippen molar-refractivity contribution in [2.45, 2.75) is 0 Å². The van der Waals surface area contributed by atoms with Gasteiger partial charge in [0.2, 0.25) is 0 Å². The van der Waals surface area contributed by atoms with Crippen LogP contribution in [-0.2, 0) is 9.59 Å². The van der Waals surface area contributed by atoms with Crippen molar-refractivity contribution in [1.82, 2.24) is 5.32 Å². The lowest BCUT2D eigenvalue weighted by Gasteiger charge is -2.04. The van der Waals surface area contributed by atoms with Crippen LogP contribution in [0.25, 0.3) is 0 Å². The monoisotopic (exact) mass is 130 g/mol. The van der Waals surface area contributed by atoms with Gasteiger partial charge in [-0.05, 0) is 0 Å². The van der Waals surface area contributed by atoms with Gasteiger partial charge in [0, 0.05) is 0 Å². The number of thioether (sulfide) groups is 1. The van der Waals surface area contributed by atoms with E-state index in [-0.39, 0.29) is 11.8 Å². The smallest absolute Gasteiger partial charge is 0.258 e. The molecule has 1 fully saturated rings. The summed E-state index contributed by atoms with van der Waals surface area (Å²) in [6, 6.07) is 0. The maximum absolute atomic E-state index is 10.3. The van der Waals surface area contributed by atoms with E-state index < -0.39 is 0 Å². The number of hydrogen-bond acceptors (Lipinski definition) is 3. The molecule has 1 aliphatic rings. The van der Waals surface area contributed by atoms with Crippen LogP contribution in [0.3, 0.4) is 0 Å². The first kappa shape index (κ1) is 5.62. The molecule has 0 aliphatic carbocycles. The first-order valence-electron chi connectivity index (χ1n) is 2.14. The van der Waals surface area contributed by atoms with Gasteiger partial charge in [0.05, 0.1) is 11.5 Å². The SMILES string of the molecule is O=C1CSCC(=O)[N]1. The minimum Gasteiger partial charge on any atom is -0.272 e. The quantitative estimate of drug-likeness (QED) is 0.411. The topological polar surface area (TPSA) is 48.2 Å². The molecule has 0 spiro atoms. The lowest BCUT2D eigenvalue weighted by atomic mass is 10.6. The van der Waals surface area contributed by atoms with Gasteiger partial charge in [-0.3, -0.25) is 9.59 Å². The average Bonchev–Trinajstić information content (AvgIpc) is 1.64. The van der Waals surface area contributed by atoms with Crippen molar-refractivity contribution in [1.29, 1.82) is 0 Å². The summed E-state index contributed by atoms with van der Waals surface area (Å²) in [4.78, 5) is 20.5. The van der Waals surface area contributed by atoms with Crippen LogP contribution in [-0.4, -0.2) is 23.3 Å². The van der Waals surface area contributed by atoms with Crippen molar-refractivity contribution >= 4 is 23.6 Å². The maximum atomic E-state index is 10.3. The Bertz CT molecular complexity index is 120. The fourth-order valence-corrected chi connectivity index (χ4v) is 1.01. The third-order valence-electron chi connectivity index (χ3n) is 0.700. The summed E-state index contributed by atoms with van der Waals surface area (Å²) in [6.07, 6.45) is 0. The Kier molecular flexibility index (Phi) is 1.53. The highest BCUT2D eigenvalue weighted by Crippen LogP contribution is 2.03. The van der Waals surface area contributed by atoms with Crippen LogP contribution in [0.15, 0.2) is 0 Å². The molecule has 3 nitrogen and oxygen atoms in total. The molecule has 0 aromatic carbocycles. The third-order valence-corrected chi connectivity index (χ3v) is 1.60. The van der Waals surface area contributed by atoms with E-state index in [0.717, 1.165) is 0 Å². The Morgan fingerprint density at radius 1 is 1.25 bits per heavy atom. The number of imide groups is 1. The van der Waals surface area contributed by atoms with Crippen molar-refractivity contribution in [2.75, 3.05) is 11.5 Å². The van der Waals surface area contributed by atoms with Gasteiger partial charge in [-0.1, -0.05) is 0 Å². The summed E-state index contributed by atoms with van der Waals surface area (Å²) >= 11 is 1.32. The summed E-state index contributed by atoms with van der Waals surface area (Å²) in [5.74, 6) is 0.134. The fraction of sp³-hybridized carbons (Fsp3) is 0.500. The highest BCUT2D eigenvalue weighted by atomic mass is 32.2. The maximum Gasteiger partial charge on any atom is 0.258 e. The molecular formula is C4H4NO2S. The van der Waals surface area contributed by atoms with Gasteiger partial charge in [-0.25, -0.2) is 0 Å². The van der Waals surface area contributed by atoms with Crippen LogP contribution in [0, 0.1) is 0 Å². The van der Waals surface area contributed by atoms with Gasteiger partial charge in [0.25, 0.3) is 11.8 Å². The van der Waals surface area contributed by atoms with Gasteiger partial charge in [0.15, 0.2) is 0 Å². The predicted octanol–water partition coefficient (Wildman–Crippen LogP) is -0.609. The van der Waals surface area contributed by atoms with Gasteiger partial charge >= 0.3 is 0 Å². The van der Waals surface area contributed by atoms with Crippen molar-refractivity contribution < 1.29 is 9.59 Å². The number of nitrogens with zero attached hydrogens (tertiary/aromatic N) is 1. The lowest BCUT2D eigenvalue weighted by Crippen LogP contribution is -2.31. The molecule has 2 amide bonds. The molecule has 4 heteroatoms. The van der Waals surface area contributed by atoms with E-state index >= 15 is 0 Å². The molecule has 0 aromatic rings. The Balaban J connectivity index is 2.45. The lowest BCUT2D eigenvalue weighted by molar-refractivity contribution is -0.128. The van der Waals surface area contributed by atoms with Crippen molar-refractivity contribution in [3.8, 4) is 0 Å². The average molecular weight is 130 g/mol. The number of amides is 2. The van der Waals surface area contributed by atoms with Crippen LogP contribution < -0.4 is 5.32 Å². The summed E-state index contributed by atoms with van der Waals surface area (Å²) in [5.41, 5.74) is 0. The van der Waals surface area contributed by atoms with Crippen LogP contribution in [0.1, 0.15) is 0 Å². The minimum atomic E-state index is -0.300. The van der Waals surface area contributed by atoms with E-state index in [0.29, 0.717) is 11.5 Å². The second kappa shape index (κ2) is 2.17. The Labute approximate surface area is 50.8 Å². The summed E-state index contributed by atoms with van der Waals surface area (Å²) in [6.45, 7) is 0. The zero-order valence-electron chi connectivity index (χ0n) is 4.09. The number of carbonyl (C=O) groups is 2. The number of rotatable bonds is 0. The van der Waals surface area contributed by atoms with E-state index in [9.17, 15) is 9.59 Å². The molecule has 1 heterocycles. The van der Waals surface area contributed by atoms with Gasteiger partial charge in [-0.2, -0.15) is 5.32 Å². The molecule has 1 saturated heterocycles. The zero-order chi connectivity index (χ0) is 5.98. The first-order valence-corrected chi connectivity index (χ1v) is 3.29. The molecule has 0 saturated carbocycles. The first-order chi connectivity index (χ1) is 3.79. The number of hydrogen-bond donors (Lipinski definition) is 0. The van der Waals surface area contributed by atoms with Crippen LogP contribution in [0.4, 0.5) is 0 Å². The predicted molar refractivity (Wildman–Crippen MR) is 29.5 cm³/mol. The van der Waals surface area contributed by atoms with Crippen LogP contribution >= 0.6 is 11.8 Å². The molecule has 0 unspecified atom stereocenters. The standard InChI is InChI=1S/C4H4NO2S/c6-3-1-8-2-4(7)5-3/h1-2H2. The minimum absolute atomic E-state index is 0.300. The fourth-order valence-electron chi connectivity index (χ4n) is 0.429. The van der Waals surface area contributed by atoms with E-state index in [1.807, 2.05) is 0 Å². The van der Waals surface area contributed by atoms with Crippen molar-refractivity contribution in [2.24, 2.45) is 0 Å². The molecule has 0 bridgehead atoms.